The number of aryl methyl sites for hydroxylation is 2. The van der Waals surface area contributed by atoms with Gasteiger partial charge >= 0.3 is 0 Å². The lowest BCUT2D eigenvalue weighted by molar-refractivity contribution is -0.0140. The Labute approximate surface area is 139 Å². The second-order valence-electron chi connectivity index (χ2n) is 6.59. The van der Waals surface area contributed by atoms with Gasteiger partial charge in [0, 0.05) is 56.5 Å². The van der Waals surface area contributed by atoms with E-state index in [4.69, 9.17) is 0 Å². The fourth-order valence-electron chi connectivity index (χ4n) is 3.71. The molecule has 0 aromatic carbocycles. The Hall–Kier alpha value is -1.73. The molecule has 2 aromatic heterocycles. The van der Waals surface area contributed by atoms with Gasteiger partial charge in [-0.15, -0.1) is 11.3 Å². The lowest BCUT2D eigenvalue weighted by Gasteiger charge is -2.50. The van der Waals surface area contributed by atoms with Crippen molar-refractivity contribution in [3.05, 3.63) is 34.3 Å². The molecule has 2 aliphatic heterocycles. The number of hydrogen-bond donors (Lipinski definition) is 0. The first-order valence-electron chi connectivity index (χ1n) is 8.00. The van der Waals surface area contributed by atoms with Gasteiger partial charge in [-0.3, -0.25) is 9.69 Å². The minimum absolute atomic E-state index is 0.0470. The van der Waals surface area contributed by atoms with Crippen LogP contribution in [0.2, 0.25) is 0 Å². The zero-order valence-electron chi connectivity index (χ0n) is 13.5. The zero-order valence-corrected chi connectivity index (χ0v) is 14.3. The van der Waals surface area contributed by atoms with Crippen molar-refractivity contribution < 1.29 is 4.79 Å². The van der Waals surface area contributed by atoms with Crippen molar-refractivity contribution in [1.29, 1.82) is 0 Å². The standard InChI is InChI=1S/C16H21N5OS/c1-12-18-13(10-23-12)9-21-7-4-16(21)3-6-20(11-16)15(22)14-17-5-8-19(14)2/h5,8,10H,3-4,6-7,9,11H2,1-2H3/t16-/m1/s1. The predicted octanol–water partition coefficient (Wildman–Crippen LogP) is 1.68. The van der Waals surface area contributed by atoms with Crippen LogP contribution in [-0.2, 0) is 13.6 Å². The summed E-state index contributed by atoms with van der Waals surface area (Å²) in [6.07, 6.45) is 5.71. The first-order chi connectivity index (χ1) is 11.1. The molecule has 4 rings (SSSR count). The van der Waals surface area contributed by atoms with Gasteiger partial charge in [-0.25, -0.2) is 9.97 Å². The van der Waals surface area contributed by atoms with Crippen LogP contribution < -0.4 is 0 Å². The average molecular weight is 331 g/mol. The summed E-state index contributed by atoms with van der Waals surface area (Å²) >= 11 is 1.70. The number of nitrogens with zero attached hydrogens (tertiary/aromatic N) is 5. The van der Waals surface area contributed by atoms with Crippen LogP contribution in [0.5, 0.6) is 0 Å². The lowest BCUT2D eigenvalue weighted by Crippen LogP contribution is -2.60. The Morgan fingerprint density at radius 3 is 2.83 bits per heavy atom. The van der Waals surface area contributed by atoms with Crippen molar-refractivity contribution in [2.24, 2.45) is 7.05 Å². The molecule has 1 atom stereocenters. The number of rotatable bonds is 3. The summed E-state index contributed by atoms with van der Waals surface area (Å²) in [6.45, 7) is 5.67. The van der Waals surface area contributed by atoms with Gasteiger partial charge in [0.05, 0.1) is 10.7 Å². The first kappa shape index (κ1) is 14.8. The van der Waals surface area contributed by atoms with E-state index in [9.17, 15) is 4.79 Å². The number of thiazole rings is 1. The highest BCUT2D eigenvalue weighted by atomic mass is 32.1. The van der Waals surface area contributed by atoms with E-state index >= 15 is 0 Å². The van der Waals surface area contributed by atoms with Crippen LogP contribution in [0.1, 0.15) is 34.2 Å². The summed E-state index contributed by atoms with van der Waals surface area (Å²) in [4.78, 5) is 25.9. The SMILES string of the molecule is Cc1nc(CN2CC[C@@]23CCN(C(=O)c2nccn2C)C3)cs1. The van der Waals surface area contributed by atoms with Gasteiger partial charge in [-0.05, 0) is 19.8 Å². The fraction of sp³-hybridized carbons (Fsp3) is 0.562. The Balaban J connectivity index is 1.45. The lowest BCUT2D eigenvalue weighted by atomic mass is 9.83. The number of amides is 1. The molecule has 6 nitrogen and oxygen atoms in total. The summed E-state index contributed by atoms with van der Waals surface area (Å²) in [7, 11) is 1.87. The maximum Gasteiger partial charge on any atom is 0.289 e. The van der Waals surface area contributed by atoms with Crippen molar-refractivity contribution >= 4 is 17.2 Å². The maximum absolute atomic E-state index is 12.6. The van der Waals surface area contributed by atoms with Crippen molar-refractivity contribution in [1.82, 2.24) is 24.3 Å². The monoisotopic (exact) mass is 331 g/mol. The molecular weight excluding hydrogens is 310 g/mol. The van der Waals surface area contributed by atoms with E-state index in [1.807, 2.05) is 25.1 Å². The molecule has 0 unspecified atom stereocenters. The van der Waals surface area contributed by atoms with Gasteiger partial charge in [-0.2, -0.15) is 0 Å². The minimum atomic E-state index is 0.0470. The Morgan fingerprint density at radius 2 is 2.22 bits per heavy atom. The van der Waals surface area contributed by atoms with Crippen LogP contribution in [0.15, 0.2) is 17.8 Å². The minimum Gasteiger partial charge on any atom is -0.334 e. The van der Waals surface area contributed by atoms with E-state index in [0.717, 1.165) is 43.3 Å². The molecule has 0 aliphatic carbocycles. The van der Waals surface area contributed by atoms with Gasteiger partial charge in [0.2, 0.25) is 0 Å². The summed E-state index contributed by atoms with van der Waals surface area (Å²) in [5.41, 5.74) is 1.30. The molecular formula is C16H21N5OS. The third-order valence-corrected chi connectivity index (χ3v) is 5.99. The van der Waals surface area contributed by atoms with E-state index < -0.39 is 0 Å². The van der Waals surface area contributed by atoms with Crippen LogP contribution in [0.25, 0.3) is 0 Å². The average Bonchev–Trinajstić information content (AvgIpc) is 3.23. The largest absolute Gasteiger partial charge is 0.334 e. The van der Waals surface area contributed by atoms with E-state index in [1.54, 1.807) is 22.1 Å². The molecule has 0 bridgehead atoms. The molecule has 122 valence electrons. The second-order valence-corrected chi connectivity index (χ2v) is 7.65. The van der Waals surface area contributed by atoms with Crippen LogP contribution in [0, 0.1) is 6.92 Å². The third kappa shape index (κ3) is 2.48. The van der Waals surface area contributed by atoms with E-state index in [0.29, 0.717) is 5.82 Å². The van der Waals surface area contributed by atoms with Gasteiger partial charge < -0.3 is 9.47 Å². The molecule has 0 radical (unpaired) electrons. The van der Waals surface area contributed by atoms with Crippen LogP contribution in [0.4, 0.5) is 0 Å². The van der Waals surface area contributed by atoms with E-state index in [2.05, 4.69) is 20.2 Å². The fourth-order valence-corrected chi connectivity index (χ4v) is 4.32. The smallest absolute Gasteiger partial charge is 0.289 e. The molecule has 2 aliphatic rings. The maximum atomic E-state index is 12.6. The highest BCUT2D eigenvalue weighted by Gasteiger charge is 2.50. The van der Waals surface area contributed by atoms with Crippen LogP contribution >= 0.6 is 11.3 Å². The summed E-state index contributed by atoms with van der Waals surface area (Å²) in [5, 5.41) is 3.26. The van der Waals surface area contributed by atoms with Crippen molar-refractivity contribution in [3.63, 3.8) is 0 Å². The molecule has 0 N–H and O–H groups in total. The molecule has 1 amide bonds. The predicted molar refractivity (Wildman–Crippen MR) is 88.3 cm³/mol. The van der Waals surface area contributed by atoms with Gasteiger partial charge in [-0.1, -0.05) is 0 Å². The van der Waals surface area contributed by atoms with E-state index in [-0.39, 0.29) is 11.4 Å². The molecule has 23 heavy (non-hydrogen) atoms. The van der Waals surface area contributed by atoms with E-state index in [1.165, 1.54) is 6.42 Å². The summed E-state index contributed by atoms with van der Waals surface area (Å²) in [6, 6.07) is 0. The third-order valence-electron chi connectivity index (χ3n) is 5.17. The number of likely N-dealkylation sites (tertiary alicyclic amines) is 2. The number of aromatic nitrogens is 3. The normalized spacial score (nSPS) is 24.3. The highest BCUT2D eigenvalue weighted by Crippen LogP contribution is 2.40. The van der Waals surface area contributed by atoms with Gasteiger partial charge in [0.1, 0.15) is 0 Å². The quantitative estimate of drug-likeness (QED) is 0.859. The first-order valence-corrected chi connectivity index (χ1v) is 8.88. The zero-order chi connectivity index (χ0) is 16.0. The van der Waals surface area contributed by atoms with Crippen LogP contribution in [-0.4, -0.2) is 55.4 Å². The Kier molecular flexibility index (Phi) is 3.50. The topological polar surface area (TPSA) is 54.3 Å². The Morgan fingerprint density at radius 1 is 1.39 bits per heavy atom. The molecule has 0 saturated carbocycles. The van der Waals surface area contributed by atoms with Crippen molar-refractivity contribution in [2.45, 2.75) is 31.8 Å². The highest BCUT2D eigenvalue weighted by molar-refractivity contribution is 7.09. The number of imidazole rings is 1. The number of carbonyl (C=O) groups is 1. The summed E-state index contributed by atoms with van der Waals surface area (Å²) < 4.78 is 1.80. The van der Waals surface area contributed by atoms with Crippen molar-refractivity contribution in [3.8, 4) is 0 Å². The second kappa shape index (κ2) is 5.42. The molecule has 1 spiro atoms. The molecule has 7 heteroatoms. The number of hydrogen-bond acceptors (Lipinski definition) is 5. The molecule has 2 aromatic rings. The van der Waals surface area contributed by atoms with Gasteiger partial charge in [0.25, 0.3) is 5.91 Å². The number of carbonyl (C=O) groups excluding carboxylic acids is 1. The molecule has 2 saturated heterocycles. The van der Waals surface area contributed by atoms with Crippen LogP contribution in [0.3, 0.4) is 0 Å². The summed E-state index contributed by atoms with van der Waals surface area (Å²) in [5.74, 6) is 0.578. The molecule has 2 fully saturated rings. The van der Waals surface area contributed by atoms with Gasteiger partial charge in [0.15, 0.2) is 5.82 Å². The van der Waals surface area contributed by atoms with Crippen molar-refractivity contribution in [2.75, 3.05) is 19.6 Å². The Bertz CT molecular complexity index is 738. The molecule has 4 heterocycles.